The summed E-state index contributed by atoms with van der Waals surface area (Å²) in [6, 6.07) is 7.36. The molecule has 0 saturated carbocycles. The van der Waals surface area contributed by atoms with Crippen molar-refractivity contribution in [3.63, 3.8) is 0 Å². The van der Waals surface area contributed by atoms with Crippen LogP contribution in [0.15, 0.2) is 24.3 Å². The Hall–Kier alpha value is -1.02. The van der Waals surface area contributed by atoms with Crippen molar-refractivity contribution in [2.45, 2.75) is 19.3 Å². The zero-order valence-electron chi connectivity index (χ0n) is 8.50. The molecular weight excluding hydrogens is 200 g/mol. The van der Waals surface area contributed by atoms with Crippen molar-refractivity contribution in [2.24, 2.45) is 0 Å². The number of halogens is 1. The molecule has 0 bridgehead atoms. The van der Waals surface area contributed by atoms with E-state index in [9.17, 15) is 4.79 Å². The van der Waals surface area contributed by atoms with Gasteiger partial charge in [-0.2, -0.15) is 0 Å². The van der Waals surface area contributed by atoms with E-state index < -0.39 is 5.41 Å². The second-order valence-electron chi connectivity index (χ2n) is 3.63. The van der Waals surface area contributed by atoms with Crippen molar-refractivity contribution >= 4 is 16.8 Å². The predicted molar refractivity (Wildman–Crippen MR) is 56.9 cm³/mol. The van der Waals surface area contributed by atoms with Gasteiger partial charge in [0.05, 0.1) is 12.5 Å². The summed E-state index contributed by atoms with van der Waals surface area (Å²) in [5, 5.41) is -0.370. The average molecular weight is 213 g/mol. The SMILES string of the molecule is COc1cccc(C(C)(C)C(=O)Cl)c1. The maximum absolute atomic E-state index is 11.2. The Morgan fingerprint density at radius 2 is 2.07 bits per heavy atom. The van der Waals surface area contributed by atoms with Crippen molar-refractivity contribution in [3.05, 3.63) is 29.8 Å². The van der Waals surface area contributed by atoms with Crippen molar-refractivity contribution in [2.75, 3.05) is 7.11 Å². The molecule has 0 aliphatic carbocycles. The molecule has 0 fully saturated rings. The van der Waals surface area contributed by atoms with Gasteiger partial charge in [0.15, 0.2) is 0 Å². The Balaban J connectivity index is 3.12. The largest absolute Gasteiger partial charge is 0.497 e. The van der Waals surface area contributed by atoms with Gasteiger partial charge < -0.3 is 4.74 Å². The first kappa shape index (κ1) is 11.1. The molecular formula is C11H13ClO2. The summed E-state index contributed by atoms with van der Waals surface area (Å²) in [6.07, 6.45) is 0. The third-order valence-electron chi connectivity index (χ3n) is 2.28. The fraction of sp³-hybridized carbons (Fsp3) is 0.364. The van der Waals surface area contributed by atoms with Crippen LogP contribution in [-0.4, -0.2) is 12.4 Å². The first-order valence-electron chi connectivity index (χ1n) is 4.33. The number of hydrogen-bond donors (Lipinski definition) is 0. The molecule has 0 unspecified atom stereocenters. The van der Waals surface area contributed by atoms with Gasteiger partial charge in [-0.05, 0) is 43.1 Å². The highest BCUT2D eigenvalue weighted by Crippen LogP contribution is 2.28. The zero-order valence-corrected chi connectivity index (χ0v) is 9.26. The topological polar surface area (TPSA) is 26.3 Å². The Labute approximate surface area is 88.8 Å². The molecule has 0 radical (unpaired) electrons. The van der Waals surface area contributed by atoms with E-state index in [0.717, 1.165) is 11.3 Å². The molecule has 0 amide bonds. The number of carbonyl (C=O) groups excluding carboxylic acids is 1. The average Bonchev–Trinajstić information content (AvgIpc) is 2.17. The molecule has 0 spiro atoms. The Morgan fingerprint density at radius 3 is 2.57 bits per heavy atom. The number of carbonyl (C=O) groups is 1. The Morgan fingerprint density at radius 1 is 1.43 bits per heavy atom. The predicted octanol–water partition coefficient (Wildman–Crippen LogP) is 2.74. The molecule has 14 heavy (non-hydrogen) atoms. The molecule has 1 rings (SSSR count). The molecule has 2 nitrogen and oxygen atoms in total. The van der Waals surface area contributed by atoms with Crippen LogP contribution in [0.1, 0.15) is 19.4 Å². The normalized spacial score (nSPS) is 11.1. The molecule has 0 aliphatic rings. The molecule has 0 saturated heterocycles. The second kappa shape index (κ2) is 4.01. The van der Waals surface area contributed by atoms with Gasteiger partial charge in [0.2, 0.25) is 5.24 Å². The minimum absolute atomic E-state index is 0.370. The first-order chi connectivity index (χ1) is 6.48. The highest BCUT2D eigenvalue weighted by atomic mass is 35.5. The highest BCUT2D eigenvalue weighted by Gasteiger charge is 2.28. The van der Waals surface area contributed by atoms with Gasteiger partial charge in [-0.25, -0.2) is 0 Å². The minimum Gasteiger partial charge on any atom is -0.497 e. The summed E-state index contributed by atoms with van der Waals surface area (Å²) in [5.74, 6) is 0.730. The standard InChI is InChI=1S/C11H13ClO2/c1-11(2,10(12)13)8-5-4-6-9(7-8)14-3/h4-7H,1-3H3. The van der Waals surface area contributed by atoms with E-state index in [1.54, 1.807) is 21.0 Å². The van der Waals surface area contributed by atoms with Gasteiger partial charge in [-0.1, -0.05) is 12.1 Å². The summed E-state index contributed by atoms with van der Waals surface area (Å²) >= 11 is 5.52. The first-order valence-corrected chi connectivity index (χ1v) is 4.70. The van der Waals surface area contributed by atoms with Crippen LogP contribution in [0.4, 0.5) is 0 Å². The maximum atomic E-state index is 11.2. The summed E-state index contributed by atoms with van der Waals surface area (Å²) in [5.41, 5.74) is 0.188. The molecule has 0 aromatic heterocycles. The third-order valence-corrected chi connectivity index (χ3v) is 2.76. The summed E-state index contributed by atoms with van der Waals surface area (Å²) in [4.78, 5) is 11.2. The van der Waals surface area contributed by atoms with Crippen LogP contribution < -0.4 is 4.74 Å². The second-order valence-corrected chi connectivity index (χ2v) is 3.97. The fourth-order valence-electron chi connectivity index (χ4n) is 1.13. The zero-order chi connectivity index (χ0) is 10.8. The fourth-order valence-corrected chi connectivity index (χ4v) is 1.23. The lowest BCUT2D eigenvalue weighted by molar-refractivity contribution is -0.115. The molecule has 3 heteroatoms. The van der Waals surface area contributed by atoms with E-state index in [1.165, 1.54) is 0 Å². The van der Waals surface area contributed by atoms with E-state index in [0.29, 0.717) is 0 Å². The highest BCUT2D eigenvalue weighted by molar-refractivity contribution is 6.65. The van der Waals surface area contributed by atoms with Gasteiger partial charge >= 0.3 is 0 Å². The molecule has 0 heterocycles. The van der Waals surface area contributed by atoms with Gasteiger partial charge in [0.1, 0.15) is 5.75 Å². The molecule has 1 aromatic carbocycles. The van der Waals surface area contributed by atoms with Crippen LogP contribution in [0, 0.1) is 0 Å². The lowest BCUT2D eigenvalue weighted by atomic mass is 9.86. The summed E-state index contributed by atoms with van der Waals surface area (Å²) in [7, 11) is 1.59. The van der Waals surface area contributed by atoms with Gasteiger partial charge in [0, 0.05) is 0 Å². The smallest absolute Gasteiger partial charge is 0.231 e. The lowest BCUT2D eigenvalue weighted by Gasteiger charge is -2.20. The number of methoxy groups -OCH3 is 1. The van der Waals surface area contributed by atoms with Crippen LogP contribution >= 0.6 is 11.6 Å². The number of ether oxygens (including phenoxy) is 1. The summed E-state index contributed by atoms with van der Waals surface area (Å²) < 4.78 is 5.08. The van der Waals surface area contributed by atoms with E-state index in [1.807, 2.05) is 24.3 Å². The van der Waals surface area contributed by atoms with Crippen molar-refractivity contribution in [3.8, 4) is 5.75 Å². The lowest BCUT2D eigenvalue weighted by Crippen LogP contribution is -2.24. The monoisotopic (exact) mass is 212 g/mol. The molecule has 76 valence electrons. The van der Waals surface area contributed by atoms with Crippen molar-refractivity contribution in [1.82, 2.24) is 0 Å². The van der Waals surface area contributed by atoms with E-state index in [-0.39, 0.29) is 5.24 Å². The Kier molecular flexibility index (Phi) is 3.17. The molecule has 1 aromatic rings. The number of rotatable bonds is 3. The van der Waals surface area contributed by atoms with Crippen molar-refractivity contribution in [1.29, 1.82) is 0 Å². The van der Waals surface area contributed by atoms with E-state index in [2.05, 4.69) is 0 Å². The van der Waals surface area contributed by atoms with Crippen LogP contribution in [0.5, 0.6) is 5.75 Å². The van der Waals surface area contributed by atoms with Gasteiger partial charge in [-0.3, -0.25) is 4.79 Å². The quantitative estimate of drug-likeness (QED) is 0.721. The van der Waals surface area contributed by atoms with Crippen molar-refractivity contribution < 1.29 is 9.53 Å². The molecule has 0 atom stereocenters. The Bertz CT molecular complexity index is 345. The number of benzene rings is 1. The van der Waals surface area contributed by atoms with Crippen LogP contribution in [0.2, 0.25) is 0 Å². The number of hydrogen-bond acceptors (Lipinski definition) is 2. The van der Waals surface area contributed by atoms with Crippen LogP contribution in [0.3, 0.4) is 0 Å². The minimum atomic E-state index is -0.671. The van der Waals surface area contributed by atoms with E-state index in [4.69, 9.17) is 16.3 Å². The van der Waals surface area contributed by atoms with Crippen LogP contribution in [0.25, 0.3) is 0 Å². The molecule has 0 N–H and O–H groups in total. The third kappa shape index (κ3) is 2.07. The van der Waals surface area contributed by atoms with Gasteiger partial charge in [-0.15, -0.1) is 0 Å². The summed E-state index contributed by atoms with van der Waals surface area (Å²) in [6.45, 7) is 3.58. The van der Waals surface area contributed by atoms with Gasteiger partial charge in [0.25, 0.3) is 0 Å². The maximum Gasteiger partial charge on any atom is 0.231 e. The van der Waals surface area contributed by atoms with Crippen LogP contribution in [-0.2, 0) is 10.2 Å². The molecule has 0 aliphatic heterocycles. The van der Waals surface area contributed by atoms with E-state index >= 15 is 0 Å².